The van der Waals surface area contributed by atoms with Crippen molar-refractivity contribution in [2.75, 3.05) is 23.3 Å². The van der Waals surface area contributed by atoms with Gasteiger partial charge in [0, 0.05) is 19.3 Å². The molecule has 0 radical (unpaired) electrons. The molecular formula is C22H26N4O. The monoisotopic (exact) mass is 362 g/mol. The maximum absolute atomic E-state index is 6.02. The maximum Gasteiger partial charge on any atom is 0.227 e. The number of para-hydroxylation sites is 3. The fourth-order valence-corrected chi connectivity index (χ4v) is 2.83. The van der Waals surface area contributed by atoms with Crippen LogP contribution in [-0.4, -0.2) is 23.1 Å². The molecule has 3 rings (SSSR count). The van der Waals surface area contributed by atoms with E-state index in [4.69, 9.17) is 9.72 Å². The van der Waals surface area contributed by atoms with Crippen LogP contribution in [0.15, 0.2) is 66.9 Å². The molecule has 0 atom stereocenters. The van der Waals surface area contributed by atoms with Gasteiger partial charge in [0.2, 0.25) is 5.95 Å². The molecule has 1 N–H and O–H groups in total. The summed E-state index contributed by atoms with van der Waals surface area (Å²) < 4.78 is 6.02. The van der Waals surface area contributed by atoms with Crippen LogP contribution < -0.4 is 15.0 Å². The van der Waals surface area contributed by atoms with E-state index < -0.39 is 0 Å². The molecule has 0 aliphatic carbocycles. The molecule has 0 unspecified atom stereocenters. The highest BCUT2D eigenvalue weighted by molar-refractivity contribution is 5.65. The summed E-state index contributed by atoms with van der Waals surface area (Å²) in [6.45, 7) is 6.24. The summed E-state index contributed by atoms with van der Waals surface area (Å²) >= 11 is 0. The number of nitrogens with one attached hydrogen (secondary N) is 1. The van der Waals surface area contributed by atoms with Gasteiger partial charge in [-0.15, -0.1) is 0 Å². The van der Waals surface area contributed by atoms with Gasteiger partial charge in [-0.1, -0.05) is 44.2 Å². The van der Waals surface area contributed by atoms with Crippen molar-refractivity contribution in [1.82, 2.24) is 9.97 Å². The first kappa shape index (κ1) is 18.7. The zero-order valence-electron chi connectivity index (χ0n) is 15.9. The third-order valence-electron chi connectivity index (χ3n) is 4.03. The molecule has 0 saturated carbocycles. The summed E-state index contributed by atoms with van der Waals surface area (Å²) in [7, 11) is 0. The zero-order chi connectivity index (χ0) is 18.9. The standard InChI is InChI=1S/C22H26N4O/c1-3-16-26(17-4-2)22-23-15-14-21(25-22)24-19-12-8-9-13-20(19)27-18-10-6-5-7-11-18/h5-15H,3-4,16-17H2,1-2H3,(H,23,24,25). The highest BCUT2D eigenvalue weighted by Crippen LogP contribution is 2.31. The minimum absolute atomic E-state index is 0.751. The predicted molar refractivity (Wildman–Crippen MR) is 111 cm³/mol. The summed E-state index contributed by atoms with van der Waals surface area (Å²) in [5, 5.41) is 3.37. The Labute approximate surface area is 161 Å². The van der Waals surface area contributed by atoms with Crippen molar-refractivity contribution in [3.63, 3.8) is 0 Å². The SMILES string of the molecule is CCCN(CCC)c1nccc(Nc2ccccc2Oc2ccccc2)n1. The number of hydrogen-bond donors (Lipinski definition) is 1. The molecule has 140 valence electrons. The second-order valence-electron chi connectivity index (χ2n) is 6.27. The van der Waals surface area contributed by atoms with Crippen molar-refractivity contribution in [3.05, 3.63) is 66.9 Å². The molecule has 0 saturated heterocycles. The average molecular weight is 362 g/mol. The molecule has 5 nitrogen and oxygen atoms in total. The van der Waals surface area contributed by atoms with Crippen LogP contribution in [0.5, 0.6) is 11.5 Å². The van der Waals surface area contributed by atoms with Gasteiger partial charge in [-0.05, 0) is 43.2 Å². The van der Waals surface area contributed by atoms with E-state index in [1.54, 1.807) is 6.20 Å². The lowest BCUT2D eigenvalue weighted by Crippen LogP contribution is -2.27. The number of hydrogen-bond acceptors (Lipinski definition) is 5. The molecule has 0 fully saturated rings. The van der Waals surface area contributed by atoms with Gasteiger partial charge in [0.15, 0.2) is 5.75 Å². The molecule has 5 heteroatoms. The van der Waals surface area contributed by atoms with E-state index in [0.717, 1.165) is 54.9 Å². The summed E-state index contributed by atoms with van der Waals surface area (Å²) in [6.07, 6.45) is 3.92. The lowest BCUT2D eigenvalue weighted by atomic mass is 10.3. The van der Waals surface area contributed by atoms with Crippen molar-refractivity contribution in [3.8, 4) is 11.5 Å². The Morgan fingerprint density at radius 3 is 2.33 bits per heavy atom. The Morgan fingerprint density at radius 2 is 1.59 bits per heavy atom. The van der Waals surface area contributed by atoms with Gasteiger partial charge in [-0.2, -0.15) is 4.98 Å². The first-order valence-electron chi connectivity index (χ1n) is 9.47. The van der Waals surface area contributed by atoms with E-state index in [0.29, 0.717) is 0 Å². The average Bonchev–Trinajstić information content (AvgIpc) is 2.70. The van der Waals surface area contributed by atoms with Crippen molar-refractivity contribution in [2.24, 2.45) is 0 Å². The minimum Gasteiger partial charge on any atom is -0.455 e. The molecule has 27 heavy (non-hydrogen) atoms. The summed E-state index contributed by atoms with van der Waals surface area (Å²) in [4.78, 5) is 11.4. The number of nitrogens with zero attached hydrogens (tertiary/aromatic N) is 3. The Kier molecular flexibility index (Phi) is 6.63. The fraction of sp³-hybridized carbons (Fsp3) is 0.273. The lowest BCUT2D eigenvalue weighted by molar-refractivity contribution is 0.485. The fourth-order valence-electron chi connectivity index (χ4n) is 2.83. The molecule has 1 heterocycles. The number of aromatic nitrogens is 2. The first-order chi connectivity index (χ1) is 13.3. The maximum atomic E-state index is 6.02. The van der Waals surface area contributed by atoms with Gasteiger partial charge in [0.25, 0.3) is 0 Å². The Morgan fingerprint density at radius 1 is 0.889 bits per heavy atom. The summed E-state index contributed by atoms with van der Waals surface area (Å²) in [5.41, 5.74) is 0.864. The predicted octanol–water partition coefficient (Wildman–Crippen LogP) is 5.64. The smallest absolute Gasteiger partial charge is 0.227 e. The van der Waals surface area contributed by atoms with Crippen LogP contribution in [0.25, 0.3) is 0 Å². The number of benzene rings is 2. The van der Waals surface area contributed by atoms with E-state index >= 15 is 0 Å². The van der Waals surface area contributed by atoms with Crippen LogP contribution in [-0.2, 0) is 0 Å². The molecule has 0 amide bonds. The second kappa shape index (κ2) is 9.57. The van der Waals surface area contributed by atoms with Crippen molar-refractivity contribution < 1.29 is 4.74 Å². The van der Waals surface area contributed by atoms with Crippen LogP contribution in [0.4, 0.5) is 17.5 Å². The van der Waals surface area contributed by atoms with Gasteiger partial charge in [0.1, 0.15) is 11.6 Å². The minimum atomic E-state index is 0.751. The quantitative estimate of drug-likeness (QED) is 0.534. The third kappa shape index (κ3) is 5.20. The highest BCUT2D eigenvalue weighted by Gasteiger charge is 2.10. The van der Waals surface area contributed by atoms with Gasteiger partial charge in [-0.3, -0.25) is 0 Å². The number of ether oxygens (including phenoxy) is 1. The number of rotatable bonds is 9. The van der Waals surface area contributed by atoms with E-state index in [1.165, 1.54) is 0 Å². The number of anilines is 3. The van der Waals surface area contributed by atoms with Crippen LogP contribution in [0.2, 0.25) is 0 Å². The second-order valence-corrected chi connectivity index (χ2v) is 6.27. The van der Waals surface area contributed by atoms with Gasteiger partial charge in [-0.25, -0.2) is 4.98 Å². The Balaban J connectivity index is 1.80. The van der Waals surface area contributed by atoms with Crippen molar-refractivity contribution >= 4 is 17.5 Å². The molecule has 3 aromatic rings. The van der Waals surface area contributed by atoms with Gasteiger partial charge >= 0.3 is 0 Å². The van der Waals surface area contributed by atoms with E-state index in [9.17, 15) is 0 Å². The van der Waals surface area contributed by atoms with Crippen LogP contribution in [0, 0.1) is 0 Å². The largest absolute Gasteiger partial charge is 0.455 e. The van der Waals surface area contributed by atoms with E-state index in [-0.39, 0.29) is 0 Å². The van der Waals surface area contributed by atoms with Crippen LogP contribution in [0.3, 0.4) is 0 Å². The van der Waals surface area contributed by atoms with E-state index in [2.05, 4.69) is 29.0 Å². The molecule has 2 aromatic carbocycles. The molecular weight excluding hydrogens is 336 g/mol. The molecule has 1 aromatic heterocycles. The Hall–Kier alpha value is -3.08. The Bertz CT molecular complexity index is 832. The molecule has 0 aliphatic rings. The van der Waals surface area contributed by atoms with Crippen LogP contribution >= 0.6 is 0 Å². The topological polar surface area (TPSA) is 50.3 Å². The molecule has 0 aliphatic heterocycles. The van der Waals surface area contributed by atoms with Gasteiger partial charge < -0.3 is 15.0 Å². The third-order valence-corrected chi connectivity index (χ3v) is 4.03. The normalized spacial score (nSPS) is 10.4. The lowest BCUT2D eigenvalue weighted by Gasteiger charge is -2.21. The first-order valence-corrected chi connectivity index (χ1v) is 9.47. The summed E-state index contributed by atoms with van der Waals surface area (Å²) in [5.74, 6) is 3.06. The molecule has 0 bridgehead atoms. The van der Waals surface area contributed by atoms with Crippen molar-refractivity contribution in [1.29, 1.82) is 0 Å². The summed E-state index contributed by atoms with van der Waals surface area (Å²) in [6, 6.07) is 19.5. The van der Waals surface area contributed by atoms with Crippen LogP contribution in [0.1, 0.15) is 26.7 Å². The van der Waals surface area contributed by atoms with Gasteiger partial charge in [0.05, 0.1) is 5.69 Å². The van der Waals surface area contributed by atoms with Crippen molar-refractivity contribution in [2.45, 2.75) is 26.7 Å². The highest BCUT2D eigenvalue weighted by atomic mass is 16.5. The zero-order valence-corrected chi connectivity index (χ0v) is 15.9. The molecule has 0 spiro atoms. The van der Waals surface area contributed by atoms with E-state index in [1.807, 2.05) is 60.7 Å².